The molecule has 4 fully saturated rings. The van der Waals surface area contributed by atoms with Gasteiger partial charge in [0, 0.05) is 0 Å². The van der Waals surface area contributed by atoms with Gasteiger partial charge in [-0.2, -0.15) is 0 Å². The molecule has 6 heteroatoms. The Balaban J connectivity index is 1.56. The maximum Gasteiger partial charge on any atom is 0.378 e. The van der Waals surface area contributed by atoms with E-state index in [1.165, 1.54) is 38.5 Å². The normalized spacial score (nSPS) is 36.9. The van der Waals surface area contributed by atoms with Crippen molar-refractivity contribution in [3.63, 3.8) is 0 Å². The first-order valence-electron chi connectivity index (χ1n) is 8.11. The Kier molecular flexibility index (Phi) is 3.01. The van der Waals surface area contributed by atoms with Gasteiger partial charge in [-0.05, 0) is 79.0 Å². The SMILES string of the molecule is CCOC(=O)c1nnnn1CC12CC3CC(CC(C3)C1)C2. The summed E-state index contributed by atoms with van der Waals surface area (Å²) in [6.45, 7) is 2.92. The van der Waals surface area contributed by atoms with Crippen LogP contribution in [0.4, 0.5) is 0 Å². The Morgan fingerprint density at radius 2 is 1.86 bits per heavy atom. The Bertz CT molecular complexity index is 518. The molecule has 114 valence electrons. The molecule has 0 saturated heterocycles. The van der Waals surface area contributed by atoms with Crippen LogP contribution in [0.1, 0.15) is 56.1 Å². The van der Waals surface area contributed by atoms with Crippen LogP contribution in [0.5, 0.6) is 0 Å². The molecule has 1 heterocycles. The van der Waals surface area contributed by atoms with Gasteiger partial charge in [0.1, 0.15) is 0 Å². The third kappa shape index (κ3) is 2.24. The molecule has 0 atom stereocenters. The summed E-state index contributed by atoms with van der Waals surface area (Å²) in [5, 5.41) is 11.6. The Labute approximate surface area is 124 Å². The molecule has 1 aromatic heterocycles. The zero-order valence-corrected chi connectivity index (χ0v) is 12.5. The van der Waals surface area contributed by atoms with Gasteiger partial charge in [0.15, 0.2) is 0 Å². The minimum absolute atomic E-state index is 0.257. The van der Waals surface area contributed by atoms with Crippen LogP contribution in [-0.2, 0) is 11.3 Å². The third-order valence-electron chi connectivity index (χ3n) is 5.64. The zero-order valence-electron chi connectivity index (χ0n) is 12.5. The van der Waals surface area contributed by atoms with E-state index < -0.39 is 5.97 Å². The number of aromatic nitrogens is 4. The predicted molar refractivity (Wildman–Crippen MR) is 74.4 cm³/mol. The summed E-state index contributed by atoms with van der Waals surface area (Å²) in [5.74, 6) is 2.51. The summed E-state index contributed by atoms with van der Waals surface area (Å²) in [6, 6.07) is 0. The summed E-state index contributed by atoms with van der Waals surface area (Å²) in [7, 11) is 0. The summed E-state index contributed by atoms with van der Waals surface area (Å²) in [5.41, 5.74) is 0.311. The van der Waals surface area contributed by atoms with Gasteiger partial charge in [0.25, 0.3) is 5.82 Å². The van der Waals surface area contributed by atoms with Crippen molar-refractivity contribution >= 4 is 5.97 Å². The summed E-state index contributed by atoms with van der Waals surface area (Å²) < 4.78 is 6.73. The van der Waals surface area contributed by atoms with Gasteiger partial charge >= 0.3 is 5.97 Å². The highest BCUT2D eigenvalue weighted by atomic mass is 16.5. The Morgan fingerprint density at radius 1 is 1.24 bits per heavy atom. The van der Waals surface area contributed by atoms with Crippen LogP contribution in [0.25, 0.3) is 0 Å². The zero-order chi connectivity index (χ0) is 14.4. The molecule has 4 saturated carbocycles. The minimum atomic E-state index is -0.410. The first kappa shape index (κ1) is 13.2. The minimum Gasteiger partial charge on any atom is -0.460 e. The van der Waals surface area contributed by atoms with Gasteiger partial charge in [0.2, 0.25) is 0 Å². The van der Waals surface area contributed by atoms with E-state index in [9.17, 15) is 4.79 Å². The lowest BCUT2D eigenvalue weighted by Crippen LogP contribution is -2.48. The van der Waals surface area contributed by atoms with Gasteiger partial charge in [-0.3, -0.25) is 0 Å². The molecular formula is C15H22N4O2. The number of tetrazole rings is 1. The molecule has 0 unspecified atom stereocenters. The van der Waals surface area contributed by atoms with Crippen molar-refractivity contribution in [3.05, 3.63) is 5.82 Å². The molecule has 4 aliphatic rings. The molecular weight excluding hydrogens is 268 g/mol. The second-order valence-electron chi connectivity index (χ2n) is 7.30. The molecule has 0 radical (unpaired) electrons. The van der Waals surface area contributed by atoms with E-state index in [0.29, 0.717) is 12.0 Å². The van der Waals surface area contributed by atoms with E-state index in [4.69, 9.17) is 4.74 Å². The van der Waals surface area contributed by atoms with Crippen LogP contribution in [0.3, 0.4) is 0 Å². The number of rotatable bonds is 4. The predicted octanol–water partition coefficient (Wildman–Crippen LogP) is 2.07. The van der Waals surface area contributed by atoms with Crippen molar-refractivity contribution in [3.8, 4) is 0 Å². The Morgan fingerprint density at radius 3 is 2.43 bits per heavy atom. The standard InChI is InChI=1S/C15H22N4O2/c1-2-21-14(20)13-16-17-18-19(13)9-15-6-10-3-11(7-15)5-12(4-10)8-15/h10-12H,2-9H2,1H3. The largest absolute Gasteiger partial charge is 0.460 e. The first-order valence-corrected chi connectivity index (χ1v) is 8.11. The van der Waals surface area contributed by atoms with Crippen molar-refractivity contribution in [1.29, 1.82) is 0 Å². The fourth-order valence-corrected chi connectivity index (χ4v) is 5.45. The van der Waals surface area contributed by atoms with Crippen LogP contribution >= 0.6 is 0 Å². The highest BCUT2D eigenvalue weighted by Crippen LogP contribution is 2.60. The number of nitrogens with zero attached hydrogens (tertiary/aromatic N) is 4. The van der Waals surface area contributed by atoms with Gasteiger partial charge in [0.05, 0.1) is 13.2 Å². The number of carbonyl (C=O) groups is 1. The lowest BCUT2D eigenvalue weighted by atomic mass is 9.49. The van der Waals surface area contributed by atoms with Crippen LogP contribution in [0.2, 0.25) is 0 Å². The molecule has 6 nitrogen and oxygen atoms in total. The van der Waals surface area contributed by atoms with E-state index in [1.54, 1.807) is 11.6 Å². The average Bonchev–Trinajstić information content (AvgIpc) is 2.84. The van der Waals surface area contributed by atoms with Gasteiger partial charge in [-0.25, -0.2) is 9.48 Å². The van der Waals surface area contributed by atoms with Crippen LogP contribution in [0.15, 0.2) is 0 Å². The van der Waals surface area contributed by atoms with Crippen molar-refractivity contribution < 1.29 is 9.53 Å². The van der Waals surface area contributed by atoms with E-state index in [-0.39, 0.29) is 5.82 Å². The van der Waals surface area contributed by atoms with Crippen molar-refractivity contribution in [2.45, 2.75) is 52.0 Å². The molecule has 4 bridgehead atoms. The number of hydrogen-bond donors (Lipinski definition) is 0. The molecule has 0 spiro atoms. The smallest absolute Gasteiger partial charge is 0.378 e. The van der Waals surface area contributed by atoms with E-state index in [0.717, 1.165) is 24.3 Å². The highest BCUT2D eigenvalue weighted by molar-refractivity contribution is 5.85. The maximum absolute atomic E-state index is 11.9. The molecule has 21 heavy (non-hydrogen) atoms. The number of carbonyl (C=O) groups excluding carboxylic acids is 1. The molecule has 0 amide bonds. The fourth-order valence-electron chi connectivity index (χ4n) is 5.45. The number of ether oxygens (including phenoxy) is 1. The van der Waals surface area contributed by atoms with E-state index in [2.05, 4.69) is 15.5 Å². The average molecular weight is 290 g/mol. The van der Waals surface area contributed by atoms with Gasteiger partial charge < -0.3 is 4.74 Å². The van der Waals surface area contributed by atoms with Crippen molar-refractivity contribution in [2.75, 3.05) is 6.61 Å². The van der Waals surface area contributed by atoms with E-state index >= 15 is 0 Å². The highest BCUT2D eigenvalue weighted by Gasteiger charge is 2.51. The molecule has 0 aliphatic heterocycles. The molecule has 1 aromatic rings. The summed E-state index contributed by atoms with van der Waals surface area (Å²) in [6.07, 6.45) is 8.09. The van der Waals surface area contributed by atoms with Crippen molar-refractivity contribution in [2.24, 2.45) is 23.2 Å². The lowest BCUT2D eigenvalue weighted by molar-refractivity contribution is -0.0641. The van der Waals surface area contributed by atoms with Crippen LogP contribution < -0.4 is 0 Å². The summed E-state index contributed by atoms with van der Waals surface area (Å²) >= 11 is 0. The first-order chi connectivity index (χ1) is 10.2. The molecule has 5 rings (SSSR count). The summed E-state index contributed by atoms with van der Waals surface area (Å²) in [4.78, 5) is 11.9. The number of hydrogen-bond acceptors (Lipinski definition) is 5. The quantitative estimate of drug-likeness (QED) is 0.794. The molecule has 0 aromatic carbocycles. The topological polar surface area (TPSA) is 69.9 Å². The number of esters is 1. The molecule has 4 aliphatic carbocycles. The maximum atomic E-state index is 11.9. The van der Waals surface area contributed by atoms with Gasteiger partial charge in [-0.1, -0.05) is 0 Å². The monoisotopic (exact) mass is 290 g/mol. The lowest BCUT2D eigenvalue weighted by Gasteiger charge is -2.56. The van der Waals surface area contributed by atoms with Gasteiger partial charge in [-0.15, -0.1) is 5.10 Å². The Hall–Kier alpha value is -1.46. The van der Waals surface area contributed by atoms with Crippen molar-refractivity contribution in [1.82, 2.24) is 20.2 Å². The second-order valence-corrected chi connectivity index (χ2v) is 7.30. The fraction of sp³-hybridized carbons (Fsp3) is 0.867. The van der Waals surface area contributed by atoms with Crippen LogP contribution in [0, 0.1) is 23.2 Å². The second kappa shape index (κ2) is 4.78. The van der Waals surface area contributed by atoms with Crippen LogP contribution in [-0.4, -0.2) is 32.8 Å². The molecule has 0 N–H and O–H groups in total. The van der Waals surface area contributed by atoms with E-state index in [1.807, 2.05) is 0 Å². The third-order valence-corrected chi connectivity index (χ3v) is 5.64.